The molecule has 37 heavy (non-hydrogen) atoms. The number of para-hydroxylation sites is 1. The lowest BCUT2D eigenvalue weighted by atomic mass is 10.1. The second-order valence-corrected chi connectivity index (χ2v) is 9.98. The van der Waals surface area contributed by atoms with Gasteiger partial charge in [0.1, 0.15) is 23.0 Å². The Hall–Kier alpha value is -4.20. The molecule has 14 heteroatoms. The minimum atomic E-state index is -4.18. The molecule has 4 rings (SSSR count). The molecule has 0 saturated heterocycles. The molecule has 0 fully saturated rings. The van der Waals surface area contributed by atoms with E-state index in [0.717, 1.165) is 16.7 Å². The number of rotatable bonds is 9. The van der Waals surface area contributed by atoms with E-state index in [1.807, 2.05) is 0 Å². The van der Waals surface area contributed by atoms with Crippen LogP contribution in [0.5, 0.6) is 11.8 Å². The maximum atomic E-state index is 14.9. The van der Waals surface area contributed by atoms with Crippen molar-refractivity contribution in [2.45, 2.75) is 25.0 Å². The number of pyridine rings is 1. The van der Waals surface area contributed by atoms with Crippen molar-refractivity contribution in [3.05, 3.63) is 66.1 Å². The second kappa shape index (κ2) is 10.4. The first-order valence-corrected chi connectivity index (χ1v) is 12.5. The van der Waals surface area contributed by atoms with Crippen LogP contribution < -0.4 is 14.2 Å². The number of sulfonamides is 1. The SMILES string of the molecule is COc1cnc([C@@H](C)[C@@H](C)S(=O)(=O)Nc2nnc(-c3cccc(OC)n3)n2-c2c(F)cccc2F)cn1. The van der Waals surface area contributed by atoms with Crippen molar-refractivity contribution < 1.29 is 26.7 Å². The van der Waals surface area contributed by atoms with Crippen LogP contribution in [0.4, 0.5) is 14.7 Å². The van der Waals surface area contributed by atoms with Crippen LogP contribution in [0.15, 0.2) is 48.8 Å². The number of nitrogens with zero attached hydrogens (tertiary/aromatic N) is 6. The van der Waals surface area contributed by atoms with Gasteiger partial charge in [-0.2, -0.15) is 0 Å². The largest absolute Gasteiger partial charge is 0.481 e. The Morgan fingerprint density at radius 3 is 2.22 bits per heavy atom. The van der Waals surface area contributed by atoms with Crippen LogP contribution in [-0.4, -0.2) is 57.6 Å². The lowest BCUT2D eigenvalue weighted by Crippen LogP contribution is -2.31. The maximum absolute atomic E-state index is 14.9. The van der Waals surface area contributed by atoms with Gasteiger partial charge in [0.25, 0.3) is 0 Å². The standard InChI is InChI=1S/C23H23F2N7O4S/c1-13(18-11-27-20(36-4)12-26-18)14(2)37(33,34)31-23-30-29-22(17-9-6-10-19(28-17)35-3)32(23)21-15(24)7-5-8-16(21)25/h5-14H,1-4H3,(H,30,31)/t13-,14+/m0/s1. The van der Waals surface area contributed by atoms with Gasteiger partial charge in [0.05, 0.1) is 37.6 Å². The molecular formula is C23H23F2N7O4S. The van der Waals surface area contributed by atoms with Crippen LogP contribution in [0.25, 0.3) is 17.2 Å². The van der Waals surface area contributed by atoms with Crippen molar-refractivity contribution in [3.8, 4) is 29.0 Å². The summed E-state index contributed by atoms with van der Waals surface area (Å²) in [5.74, 6) is -2.57. The predicted octanol–water partition coefficient (Wildman–Crippen LogP) is 3.35. The Bertz CT molecular complexity index is 1490. The minimum Gasteiger partial charge on any atom is -0.481 e. The van der Waals surface area contributed by atoms with E-state index in [9.17, 15) is 17.2 Å². The molecule has 0 aliphatic heterocycles. The van der Waals surface area contributed by atoms with Gasteiger partial charge in [-0.05, 0) is 25.1 Å². The second-order valence-electron chi connectivity index (χ2n) is 7.94. The average molecular weight is 532 g/mol. The van der Waals surface area contributed by atoms with Gasteiger partial charge < -0.3 is 9.47 Å². The van der Waals surface area contributed by atoms with Gasteiger partial charge in [-0.1, -0.05) is 19.1 Å². The third kappa shape index (κ3) is 5.18. The number of halogens is 2. The summed E-state index contributed by atoms with van der Waals surface area (Å²) in [5.41, 5.74) is -0.0250. The van der Waals surface area contributed by atoms with E-state index in [0.29, 0.717) is 5.69 Å². The van der Waals surface area contributed by atoms with Crippen molar-refractivity contribution in [3.63, 3.8) is 0 Å². The summed E-state index contributed by atoms with van der Waals surface area (Å²) in [6, 6.07) is 7.95. The normalized spacial score (nSPS) is 13.1. The molecule has 1 N–H and O–H groups in total. The molecule has 0 aliphatic rings. The van der Waals surface area contributed by atoms with Gasteiger partial charge in [0.2, 0.25) is 27.7 Å². The van der Waals surface area contributed by atoms with E-state index in [2.05, 4.69) is 29.9 Å². The van der Waals surface area contributed by atoms with Crippen LogP contribution in [0, 0.1) is 11.6 Å². The smallest absolute Gasteiger partial charge is 0.243 e. The number of benzene rings is 1. The van der Waals surface area contributed by atoms with Crippen molar-refractivity contribution in [1.29, 1.82) is 0 Å². The monoisotopic (exact) mass is 531 g/mol. The van der Waals surface area contributed by atoms with Gasteiger partial charge in [-0.3, -0.25) is 14.3 Å². The Morgan fingerprint density at radius 1 is 0.919 bits per heavy atom. The molecule has 3 heterocycles. The fourth-order valence-electron chi connectivity index (χ4n) is 3.48. The van der Waals surface area contributed by atoms with Gasteiger partial charge in [-0.15, -0.1) is 10.2 Å². The average Bonchev–Trinajstić information content (AvgIpc) is 3.30. The molecule has 4 aromatic rings. The van der Waals surface area contributed by atoms with Gasteiger partial charge in [0.15, 0.2) is 5.82 Å². The van der Waals surface area contributed by atoms with E-state index in [1.54, 1.807) is 19.1 Å². The lowest BCUT2D eigenvalue weighted by molar-refractivity contribution is 0.394. The first-order chi connectivity index (χ1) is 17.7. The van der Waals surface area contributed by atoms with E-state index < -0.39 is 44.5 Å². The first kappa shape index (κ1) is 25.9. The topological polar surface area (TPSA) is 134 Å². The summed E-state index contributed by atoms with van der Waals surface area (Å²) < 4.78 is 69.8. The Kier molecular flexibility index (Phi) is 7.29. The summed E-state index contributed by atoms with van der Waals surface area (Å²) in [4.78, 5) is 12.5. The van der Waals surface area contributed by atoms with Crippen molar-refractivity contribution >= 4 is 16.0 Å². The van der Waals surface area contributed by atoms with Crippen molar-refractivity contribution in [2.75, 3.05) is 18.9 Å². The molecule has 0 bridgehead atoms. The Balaban J connectivity index is 1.77. The predicted molar refractivity (Wildman–Crippen MR) is 130 cm³/mol. The van der Waals surface area contributed by atoms with E-state index in [1.165, 1.54) is 45.7 Å². The first-order valence-electron chi connectivity index (χ1n) is 10.9. The van der Waals surface area contributed by atoms with E-state index in [4.69, 9.17) is 9.47 Å². The molecule has 0 amide bonds. The molecule has 0 spiro atoms. The Morgan fingerprint density at radius 2 is 1.59 bits per heavy atom. The molecule has 194 valence electrons. The number of anilines is 1. The lowest BCUT2D eigenvalue weighted by Gasteiger charge is -2.21. The minimum absolute atomic E-state index is 0.109. The fraction of sp³-hybridized carbons (Fsp3) is 0.261. The third-order valence-electron chi connectivity index (χ3n) is 5.74. The third-order valence-corrected chi connectivity index (χ3v) is 7.59. The number of hydrogen-bond donors (Lipinski definition) is 1. The molecule has 0 aliphatic carbocycles. The number of methoxy groups -OCH3 is 2. The molecule has 0 radical (unpaired) electrons. The highest BCUT2D eigenvalue weighted by atomic mass is 32.2. The highest BCUT2D eigenvalue weighted by Gasteiger charge is 2.32. The molecule has 11 nitrogen and oxygen atoms in total. The van der Waals surface area contributed by atoms with Gasteiger partial charge in [-0.25, -0.2) is 27.2 Å². The van der Waals surface area contributed by atoms with Gasteiger partial charge in [0, 0.05) is 12.0 Å². The number of hydrogen-bond acceptors (Lipinski definition) is 9. The maximum Gasteiger partial charge on any atom is 0.243 e. The van der Waals surface area contributed by atoms with Crippen LogP contribution in [0.3, 0.4) is 0 Å². The highest BCUT2D eigenvalue weighted by molar-refractivity contribution is 7.93. The van der Waals surface area contributed by atoms with Crippen LogP contribution in [-0.2, 0) is 10.0 Å². The van der Waals surface area contributed by atoms with Crippen molar-refractivity contribution in [2.24, 2.45) is 0 Å². The zero-order valence-corrected chi connectivity index (χ0v) is 21.1. The number of ether oxygens (including phenoxy) is 2. The van der Waals surface area contributed by atoms with E-state index in [-0.39, 0.29) is 23.3 Å². The van der Waals surface area contributed by atoms with Crippen LogP contribution in [0.1, 0.15) is 25.5 Å². The van der Waals surface area contributed by atoms with E-state index >= 15 is 0 Å². The molecule has 0 unspecified atom stereocenters. The molecule has 3 aromatic heterocycles. The highest BCUT2D eigenvalue weighted by Crippen LogP contribution is 2.30. The summed E-state index contributed by atoms with van der Waals surface area (Å²) in [6.07, 6.45) is 2.79. The summed E-state index contributed by atoms with van der Waals surface area (Å²) in [5, 5.41) is 6.83. The fourth-order valence-corrected chi connectivity index (χ4v) is 4.73. The summed E-state index contributed by atoms with van der Waals surface area (Å²) in [6.45, 7) is 3.13. The zero-order valence-electron chi connectivity index (χ0n) is 20.3. The van der Waals surface area contributed by atoms with Crippen LogP contribution in [0.2, 0.25) is 0 Å². The molecular weight excluding hydrogens is 508 g/mol. The molecule has 1 aromatic carbocycles. The Labute approximate surface area is 211 Å². The number of aromatic nitrogens is 6. The van der Waals surface area contributed by atoms with Gasteiger partial charge >= 0.3 is 0 Å². The zero-order chi connectivity index (χ0) is 26.7. The molecule has 2 atom stereocenters. The molecule has 0 saturated carbocycles. The summed E-state index contributed by atoms with van der Waals surface area (Å²) in [7, 11) is -1.33. The van der Waals surface area contributed by atoms with Crippen LogP contribution >= 0.6 is 0 Å². The van der Waals surface area contributed by atoms with Crippen molar-refractivity contribution in [1.82, 2.24) is 29.7 Å². The summed E-state index contributed by atoms with van der Waals surface area (Å²) >= 11 is 0. The quantitative estimate of drug-likeness (QED) is 0.345. The number of nitrogens with one attached hydrogen (secondary N) is 1.